The number of nitrogens with two attached hydrogens (primary N) is 1. The Balaban J connectivity index is 2.10. The summed E-state index contributed by atoms with van der Waals surface area (Å²) in [7, 11) is 0. The van der Waals surface area contributed by atoms with E-state index in [-0.39, 0.29) is 18.9 Å². The number of benzene rings is 1. The molecule has 3 amide bonds. The van der Waals surface area contributed by atoms with Gasteiger partial charge in [0.15, 0.2) is 0 Å². The number of hydrogen-bond donors (Lipinski definition) is 6. The molecule has 1 aromatic heterocycles. The van der Waals surface area contributed by atoms with Gasteiger partial charge in [-0.3, -0.25) is 19.2 Å². The summed E-state index contributed by atoms with van der Waals surface area (Å²) in [4.78, 5) is 51.5. The molecule has 174 valence electrons. The molecule has 10 nitrogen and oxygen atoms in total. The van der Waals surface area contributed by atoms with Crippen LogP contribution in [-0.4, -0.2) is 58.5 Å². The third-order valence-corrected chi connectivity index (χ3v) is 5.46. The highest BCUT2D eigenvalue weighted by molar-refractivity contribution is 5.93. The summed E-state index contributed by atoms with van der Waals surface area (Å²) in [5.74, 6) is -2.91. The third kappa shape index (κ3) is 6.55. The highest BCUT2D eigenvalue weighted by Crippen LogP contribution is 2.19. The molecule has 1 heterocycles. The summed E-state index contributed by atoms with van der Waals surface area (Å²) in [5, 5.41) is 17.4. The number of aliphatic carboxylic acids is 1. The molecule has 7 N–H and O–H groups in total. The fourth-order valence-electron chi connectivity index (χ4n) is 3.15. The van der Waals surface area contributed by atoms with Crippen LogP contribution < -0.4 is 21.7 Å². The van der Waals surface area contributed by atoms with E-state index < -0.39 is 41.8 Å². The number of carboxylic acid groups (broad SMARTS) is 1. The molecule has 0 aliphatic heterocycles. The molecule has 4 atom stereocenters. The fourth-order valence-corrected chi connectivity index (χ4v) is 3.15. The Hall–Kier alpha value is -3.40. The molecule has 10 heteroatoms. The Kier molecular flexibility index (Phi) is 8.77. The van der Waals surface area contributed by atoms with Gasteiger partial charge in [-0.15, -0.1) is 0 Å². The topological polar surface area (TPSA) is 166 Å². The van der Waals surface area contributed by atoms with Gasteiger partial charge in [0.1, 0.15) is 12.1 Å². The summed E-state index contributed by atoms with van der Waals surface area (Å²) < 4.78 is 0. The number of aromatic amines is 1. The zero-order chi connectivity index (χ0) is 23.8. The minimum atomic E-state index is -1.19. The molecule has 32 heavy (non-hydrogen) atoms. The number of H-pyrrole nitrogens is 1. The zero-order valence-corrected chi connectivity index (χ0v) is 18.5. The predicted molar refractivity (Wildman–Crippen MR) is 120 cm³/mol. The molecule has 0 saturated heterocycles. The molecule has 1 aromatic carbocycles. The van der Waals surface area contributed by atoms with E-state index in [1.807, 2.05) is 38.1 Å². The van der Waals surface area contributed by atoms with E-state index in [4.69, 9.17) is 10.8 Å². The Labute approximate surface area is 186 Å². The molecule has 0 saturated carbocycles. The first-order chi connectivity index (χ1) is 15.1. The number of nitrogens with one attached hydrogen (secondary N) is 4. The van der Waals surface area contributed by atoms with E-state index in [0.717, 1.165) is 22.9 Å². The van der Waals surface area contributed by atoms with Crippen molar-refractivity contribution >= 4 is 34.6 Å². The van der Waals surface area contributed by atoms with Crippen LogP contribution in [0.4, 0.5) is 0 Å². The van der Waals surface area contributed by atoms with Crippen LogP contribution in [0.3, 0.4) is 0 Å². The molecule has 2 rings (SSSR count). The first-order valence-electron chi connectivity index (χ1n) is 10.5. The summed E-state index contributed by atoms with van der Waals surface area (Å²) in [6, 6.07) is 4.59. The minimum Gasteiger partial charge on any atom is -0.480 e. The van der Waals surface area contributed by atoms with Gasteiger partial charge in [-0.05, 0) is 24.5 Å². The van der Waals surface area contributed by atoms with Gasteiger partial charge in [0.2, 0.25) is 17.7 Å². The van der Waals surface area contributed by atoms with Gasteiger partial charge in [0, 0.05) is 23.5 Å². The van der Waals surface area contributed by atoms with Gasteiger partial charge in [-0.2, -0.15) is 0 Å². The third-order valence-electron chi connectivity index (χ3n) is 5.46. The van der Waals surface area contributed by atoms with Crippen molar-refractivity contribution in [2.75, 3.05) is 6.54 Å². The van der Waals surface area contributed by atoms with E-state index in [1.165, 1.54) is 6.92 Å². The van der Waals surface area contributed by atoms with E-state index >= 15 is 0 Å². The highest BCUT2D eigenvalue weighted by atomic mass is 16.4. The predicted octanol–water partition coefficient (Wildman–Crippen LogP) is 0.274. The molecule has 0 spiro atoms. The van der Waals surface area contributed by atoms with Crippen molar-refractivity contribution in [2.45, 2.75) is 51.7 Å². The second-order valence-electron chi connectivity index (χ2n) is 7.88. The van der Waals surface area contributed by atoms with Crippen LogP contribution >= 0.6 is 0 Å². The lowest BCUT2D eigenvalue weighted by atomic mass is 9.99. The number of rotatable bonds is 11. The van der Waals surface area contributed by atoms with Crippen LogP contribution in [0.1, 0.15) is 32.8 Å². The number of hydrogen-bond acceptors (Lipinski definition) is 5. The monoisotopic (exact) mass is 445 g/mol. The Morgan fingerprint density at radius 1 is 1.09 bits per heavy atom. The van der Waals surface area contributed by atoms with E-state index in [9.17, 15) is 19.2 Å². The average Bonchev–Trinajstić information content (AvgIpc) is 3.18. The van der Waals surface area contributed by atoms with Crippen molar-refractivity contribution < 1.29 is 24.3 Å². The van der Waals surface area contributed by atoms with Crippen molar-refractivity contribution in [3.05, 3.63) is 36.0 Å². The Morgan fingerprint density at radius 2 is 1.78 bits per heavy atom. The number of para-hydroxylation sites is 1. The van der Waals surface area contributed by atoms with Crippen LogP contribution in [0, 0.1) is 5.92 Å². The number of amides is 3. The molecule has 4 unspecified atom stereocenters. The normalized spacial score (nSPS) is 14.8. The van der Waals surface area contributed by atoms with Crippen molar-refractivity contribution in [1.82, 2.24) is 20.9 Å². The first kappa shape index (κ1) is 24.9. The van der Waals surface area contributed by atoms with Gasteiger partial charge < -0.3 is 31.8 Å². The zero-order valence-electron chi connectivity index (χ0n) is 18.5. The highest BCUT2D eigenvalue weighted by Gasteiger charge is 2.26. The lowest BCUT2D eigenvalue weighted by Crippen LogP contribution is -2.54. The summed E-state index contributed by atoms with van der Waals surface area (Å²) in [6.07, 6.45) is 2.59. The molecule has 0 bridgehead atoms. The van der Waals surface area contributed by atoms with Crippen LogP contribution in [0.2, 0.25) is 0 Å². The number of fused-ring (bicyclic) bond motifs is 1. The lowest BCUT2D eigenvalue weighted by Gasteiger charge is -2.21. The molecular formula is C22H31N5O5. The van der Waals surface area contributed by atoms with E-state index in [0.29, 0.717) is 0 Å². The van der Waals surface area contributed by atoms with Gasteiger partial charge in [0.25, 0.3) is 0 Å². The lowest BCUT2D eigenvalue weighted by molar-refractivity contribution is -0.141. The van der Waals surface area contributed by atoms with Gasteiger partial charge in [-0.1, -0.05) is 38.5 Å². The van der Waals surface area contributed by atoms with Gasteiger partial charge >= 0.3 is 5.97 Å². The molecule has 2 aromatic rings. The summed E-state index contributed by atoms with van der Waals surface area (Å²) >= 11 is 0. The van der Waals surface area contributed by atoms with Crippen molar-refractivity contribution in [3.63, 3.8) is 0 Å². The molecule has 0 radical (unpaired) electrons. The minimum absolute atomic E-state index is 0.0454. The van der Waals surface area contributed by atoms with Crippen LogP contribution in [0.25, 0.3) is 10.9 Å². The fraction of sp³-hybridized carbons (Fsp3) is 0.455. The second-order valence-corrected chi connectivity index (χ2v) is 7.88. The van der Waals surface area contributed by atoms with Gasteiger partial charge in [0.05, 0.1) is 12.6 Å². The molecule has 0 aliphatic rings. The number of carbonyl (C=O) groups is 4. The maximum Gasteiger partial charge on any atom is 0.325 e. The number of aromatic nitrogens is 1. The second kappa shape index (κ2) is 11.3. The van der Waals surface area contributed by atoms with E-state index in [1.54, 1.807) is 6.20 Å². The molecule has 0 fully saturated rings. The van der Waals surface area contributed by atoms with Crippen LogP contribution in [0.15, 0.2) is 30.5 Å². The van der Waals surface area contributed by atoms with Crippen molar-refractivity contribution in [2.24, 2.45) is 11.7 Å². The number of carbonyl (C=O) groups excluding carboxylic acids is 3. The smallest absolute Gasteiger partial charge is 0.325 e. The van der Waals surface area contributed by atoms with E-state index in [2.05, 4.69) is 20.9 Å². The van der Waals surface area contributed by atoms with Crippen LogP contribution in [-0.2, 0) is 25.6 Å². The number of carboxylic acids is 1. The van der Waals surface area contributed by atoms with Crippen LogP contribution in [0.5, 0.6) is 0 Å². The quantitative estimate of drug-likeness (QED) is 0.290. The molecular weight excluding hydrogens is 414 g/mol. The first-order valence-corrected chi connectivity index (χ1v) is 10.5. The van der Waals surface area contributed by atoms with Gasteiger partial charge in [-0.25, -0.2) is 0 Å². The van der Waals surface area contributed by atoms with Crippen molar-refractivity contribution in [1.29, 1.82) is 0 Å². The Morgan fingerprint density at radius 3 is 2.44 bits per heavy atom. The molecule has 0 aliphatic carbocycles. The maximum atomic E-state index is 12.7. The standard InChI is InChI=1S/C22H31N5O5/c1-4-12(2)19(23)21(30)25-11-18(28)27-17(20(29)26-13(3)22(31)32)9-14-10-24-16-8-6-5-7-15(14)16/h5-8,10,12-13,17,19,24H,4,9,11,23H2,1-3H3,(H,25,30)(H,26,29)(H,27,28)(H,31,32). The maximum absolute atomic E-state index is 12.7. The Bertz CT molecular complexity index is 973. The largest absolute Gasteiger partial charge is 0.480 e. The average molecular weight is 446 g/mol. The SMILES string of the molecule is CCC(C)C(N)C(=O)NCC(=O)NC(Cc1c[nH]c2ccccc12)C(=O)NC(C)C(=O)O. The summed E-state index contributed by atoms with van der Waals surface area (Å²) in [6.45, 7) is 4.74. The van der Waals surface area contributed by atoms with Crippen molar-refractivity contribution in [3.8, 4) is 0 Å². The summed E-state index contributed by atoms with van der Waals surface area (Å²) in [5.41, 5.74) is 7.52.